The van der Waals surface area contributed by atoms with Crippen LogP contribution in [0.25, 0.3) is 0 Å². The summed E-state index contributed by atoms with van der Waals surface area (Å²) in [4.78, 5) is 26.5. The SMILES string of the molecule is Cc1ccc(NC(=O)N2C(C(C)C)SC(C)(C)C2C(N)=O)cc1Cl. The lowest BCUT2D eigenvalue weighted by atomic mass is 10.0. The molecule has 1 aliphatic rings. The van der Waals surface area contributed by atoms with Crippen LogP contribution in [0.15, 0.2) is 18.2 Å². The number of nitrogens with one attached hydrogen (secondary N) is 1. The van der Waals surface area contributed by atoms with Gasteiger partial charge >= 0.3 is 6.03 Å². The van der Waals surface area contributed by atoms with Gasteiger partial charge in [-0.15, -0.1) is 11.8 Å². The minimum atomic E-state index is -0.671. The highest BCUT2D eigenvalue weighted by Crippen LogP contribution is 2.47. The van der Waals surface area contributed by atoms with Gasteiger partial charge in [0.25, 0.3) is 0 Å². The molecule has 2 rings (SSSR count). The zero-order chi connectivity index (χ0) is 18.2. The third kappa shape index (κ3) is 3.64. The molecular weight excluding hydrogens is 346 g/mol. The predicted molar refractivity (Wildman–Crippen MR) is 100 cm³/mol. The average Bonchev–Trinajstić information content (AvgIpc) is 2.75. The van der Waals surface area contributed by atoms with Crippen LogP contribution in [0.1, 0.15) is 33.3 Å². The minimum absolute atomic E-state index is 0.126. The molecule has 132 valence electrons. The number of halogens is 1. The third-order valence-electron chi connectivity index (χ3n) is 4.13. The standard InChI is InChI=1S/C17H24ClN3O2S/c1-9(2)15-21(13(14(19)22)17(4,5)24-15)16(23)20-11-7-6-10(3)12(18)8-11/h6-9,13,15H,1-5H3,(H2,19,22)(H,20,23). The van der Waals surface area contributed by atoms with E-state index in [9.17, 15) is 9.59 Å². The quantitative estimate of drug-likeness (QED) is 0.849. The first kappa shape index (κ1) is 18.9. The van der Waals surface area contributed by atoms with Crippen LogP contribution >= 0.6 is 23.4 Å². The number of amides is 3. The summed E-state index contributed by atoms with van der Waals surface area (Å²) in [5.74, 6) is -0.307. The van der Waals surface area contributed by atoms with Gasteiger partial charge in [-0.2, -0.15) is 0 Å². The summed E-state index contributed by atoms with van der Waals surface area (Å²) in [5.41, 5.74) is 7.13. The zero-order valence-corrected chi connectivity index (χ0v) is 16.2. The van der Waals surface area contributed by atoms with E-state index < -0.39 is 16.7 Å². The van der Waals surface area contributed by atoms with E-state index in [1.165, 1.54) is 0 Å². The Morgan fingerprint density at radius 3 is 2.50 bits per heavy atom. The number of anilines is 1. The van der Waals surface area contributed by atoms with Gasteiger partial charge in [0.15, 0.2) is 0 Å². The molecule has 0 radical (unpaired) electrons. The van der Waals surface area contributed by atoms with E-state index in [1.54, 1.807) is 28.8 Å². The molecule has 5 nitrogen and oxygen atoms in total. The van der Waals surface area contributed by atoms with Crippen LogP contribution in [0, 0.1) is 12.8 Å². The van der Waals surface area contributed by atoms with E-state index in [-0.39, 0.29) is 17.3 Å². The zero-order valence-electron chi connectivity index (χ0n) is 14.6. The molecule has 1 saturated heterocycles. The van der Waals surface area contributed by atoms with E-state index in [0.717, 1.165) is 5.56 Å². The van der Waals surface area contributed by atoms with Gasteiger partial charge in [-0.25, -0.2) is 4.79 Å². The molecule has 1 heterocycles. The molecule has 1 aromatic carbocycles. The van der Waals surface area contributed by atoms with Crippen LogP contribution in [-0.4, -0.2) is 33.0 Å². The molecule has 2 unspecified atom stereocenters. The van der Waals surface area contributed by atoms with Crippen molar-refractivity contribution in [2.45, 2.75) is 50.8 Å². The molecule has 0 spiro atoms. The van der Waals surface area contributed by atoms with Crippen molar-refractivity contribution in [3.63, 3.8) is 0 Å². The number of aryl methyl sites for hydroxylation is 1. The summed E-state index contributed by atoms with van der Waals surface area (Å²) in [6.07, 6.45) is 0. The topological polar surface area (TPSA) is 75.4 Å². The fourth-order valence-electron chi connectivity index (χ4n) is 2.94. The van der Waals surface area contributed by atoms with Crippen molar-refractivity contribution in [1.82, 2.24) is 4.90 Å². The summed E-state index contributed by atoms with van der Waals surface area (Å²) < 4.78 is -0.441. The van der Waals surface area contributed by atoms with E-state index in [2.05, 4.69) is 5.32 Å². The number of rotatable bonds is 3. The molecule has 2 atom stereocenters. The molecular formula is C17H24ClN3O2S. The van der Waals surface area contributed by atoms with Crippen molar-refractivity contribution in [3.05, 3.63) is 28.8 Å². The van der Waals surface area contributed by atoms with Crippen molar-refractivity contribution >= 4 is 41.0 Å². The highest BCUT2D eigenvalue weighted by Gasteiger charge is 2.53. The van der Waals surface area contributed by atoms with Gasteiger partial charge in [0.05, 0.1) is 5.37 Å². The Morgan fingerprint density at radius 1 is 1.38 bits per heavy atom. The van der Waals surface area contributed by atoms with Gasteiger partial charge in [-0.3, -0.25) is 9.69 Å². The van der Waals surface area contributed by atoms with Crippen molar-refractivity contribution in [1.29, 1.82) is 0 Å². The first-order valence-electron chi connectivity index (χ1n) is 7.87. The van der Waals surface area contributed by atoms with Crippen molar-refractivity contribution < 1.29 is 9.59 Å². The summed E-state index contributed by atoms with van der Waals surface area (Å²) in [6, 6.07) is 4.32. The van der Waals surface area contributed by atoms with Gasteiger partial charge in [0, 0.05) is 15.5 Å². The second-order valence-electron chi connectivity index (χ2n) is 6.96. The fourth-order valence-corrected chi connectivity index (χ4v) is 4.71. The molecule has 0 bridgehead atoms. The first-order valence-corrected chi connectivity index (χ1v) is 9.13. The van der Waals surface area contributed by atoms with Crippen LogP contribution in [0.2, 0.25) is 5.02 Å². The maximum absolute atomic E-state index is 12.9. The number of hydrogen-bond acceptors (Lipinski definition) is 3. The largest absolute Gasteiger partial charge is 0.368 e. The maximum atomic E-state index is 12.9. The van der Waals surface area contributed by atoms with Crippen LogP contribution in [0.4, 0.5) is 10.5 Å². The van der Waals surface area contributed by atoms with Gasteiger partial charge in [-0.1, -0.05) is 31.5 Å². The predicted octanol–water partition coefficient (Wildman–Crippen LogP) is 3.84. The van der Waals surface area contributed by atoms with E-state index >= 15 is 0 Å². The number of nitrogens with zero attached hydrogens (tertiary/aromatic N) is 1. The number of primary amides is 1. The van der Waals surface area contributed by atoms with E-state index in [0.29, 0.717) is 10.7 Å². The smallest absolute Gasteiger partial charge is 0.323 e. The molecule has 24 heavy (non-hydrogen) atoms. The number of nitrogens with two attached hydrogens (primary N) is 1. The van der Waals surface area contributed by atoms with Gasteiger partial charge in [-0.05, 0) is 44.4 Å². The van der Waals surface area contributed by atoms with Crippen LogP contribution in [0.3, 0.4) is 0 Å². The molecule has 3 amide bonds. The number of urea groups is 1. The Bertz CT molecular complexity index is 663. The monoisotopic (exact) mass is 369 g/mol. The molecule has 7 heteroatoms. The second kappa shape index (κ2) is 6.84. The summed E-state index contributed by atoms with van der Waals surface area (Å²) >= 11 is 7.72. The molecule has 3 N–H and O–H groups in total. The number of benzene rings is 1. The Labute approximate surface area is 152 Å². The van der Waals surface area contributed by atoms with Gasteiger partial charge in [0.1, 0.15) is 6.04 Å². The number of carbonyl (C=O) groups is 2. The lowest BCUT2D eigenvalue weighted by molar-refractivity contribution is -0.122. The summed E-state index contributed by atoms with van der Waals surface area (Å²) in [6.45, 7) is 9.84. The van der Waals surface area contributed by atoms with Crippen molar-refractivity contribution in [2.24, 2.45) is 11.7 Å². The van der Waals surface area contributed by atoms with Crippen molar-refractivity contribution in [2.75, 3.05) is 5.32 Å². The normalized spacial score (nSPS) is 22.7. The number of hydrogen-bond donors (Lipinski definition) is 2. The van der Waals surface area contributed by atoms with Crippen LogP contribution in [-0.2, 0) is 4.79 Å². The van der Waals surface area contributed by atoms with Gasteiger partial charge < -0.3 is 11.1 Å². The highest BCUT2D eigenvalue weighted by atomic mass is 35.5. The number of thioether (sulfide) groups is 1. The lowest BCUT2D eigenvalue weighted by Crippen LogP contribution is -2.55. The second-order valence-corrected chi connectivity index (χ2v) is 9.14. The lowest BCUT2D eigenvalue weighted by Gasteiger charge is -2.31. The molecule has 1 aromatic rings. The highest BCUT2D eigenvalue weighted by molar-refractivity contribution is 8.01. The Hall–Kier alpha value is -1.40. The van der Waals surface area contributed by atoms with Gasteiger partial charge in [0.2, 0.25) is 5.91 Å². The Morgan fingerprint density at radius 2 is 2.00 bits per heavy atom. The molecule has 1 fully saturated rings. The van der Waals surface area contributed by atoms with E-state index in [1.807, 2.05) is 40.7 Å². The summed E-state index contributed by atoms with van der Waals surface area (Å²) in [5, 5.41) is 3.29. The minimum Gasteiger partial charge on any atom is -0.368 e. The number of carbonyl (C=O) groups excluding carboxylic acids is 2. The fraction of sp³-hybridized carbons (Fsp3) is 0.529. The molecule has 0 saturated carbocycles. The summed E-state index contributed by atoms with van der Waals surface area (Å²) in [7, 11) is 0. The first-order chi connectivity index (χ1) is 11.0. The Balaban J connectivity index is 2.32. The molecule has 0 aliphatic carbocycles. The van der Waals surface area contributed by atoms with Crippen molar-refractivity contribution in [3.8, 4) is 0 Å². The van der Waals surface area contributed by atoms with Crippen LogP contribution < -0.4 is 11.1 Å². The van der Waals surface area contributed by atoms with Crippen LogP contribution in [0.5, 0.6) is 0 Å². The Kier molecular flexibility index (Phi) is 5.40. The molecule has 0 aromatic heterocycles. The molecule has 1 aliphatic heterocycles. The van der Waals surface area contributed by atoms with E-state index in [4.69, 9.17) is 17.3 Å². The third-order valence-corrected chi connectivity index (χ3v) is 6.38. The maximum Gasteiger partial charge on any atom is 0.323 e. The average molecular weight is 370 g/mol.